The van der Waals surface area contributed by atoms with E-state index < -0.39 is 0 Å². The lowest BCUT2D eigenvalue weighted by Gasteiger charge is -2.13. The maximum absolute atomic E-state index is 5.96. The number of rotatable bonds is 8. The third-order valence-corrected chi connectivity index (χ3v) is 3.37. The van der Waals surface area contributed by atoms with Gasteiger partial charge in [0.1, 0.15) is 11.5 Å². The van der Waals surface area contributed by atoms with Gasteiger partial charge in [0.05, 0.1) is 25.6 Å². The average Bonchev–Trinajstić information content (AvgIpc) is 3.00. The van der Waals surface area contributed by atoms with Crippen LogP contribution in [-0.2, 0) is 19.6 Å². The van der Waals surface area contributed by atoms with E-state index in [2.05, 4.69) is 44.1 Å². The summed E-state index contributed by atoms with van der Waals surface area (Å²) in [5, 5.41) is 3.43. The SMILES string of the molecule is Cc1cc(CN(C)Cc2ccoc2)oc1CNCC(C)C. The molecule has 0 aliphatic carbocycles. The Hall–Kier alpha value is -1.52. The van der Waals surface area contributed by atoms with E-state index in [0.717, 1.165) is 37.7 Å². The zero-order valence-electron chi connectivity index (χ0n) is 13.5. The van der Waals surface area contributed by atoms with Crippen molar-refractivity contribution in [1.82, 2.24) is 10.2 Å². The van der Waals surface area contributed by atoms with Gasteiger partial charge in [-0.3, -0.25) is 4.90 Å². The van der Waals surface area contributed by atoms with Crippen LogP contribution in [0.1, 0.15) is 36.5 Å². The molecule has 2 aromatic rings. The molecular weight excluding hydrogens is 264 g/mol. The number of nitrogens with zero attached hydrogens (tertiary/aromatic N) is 1. The summed E-state index contributed by atoms with van der Waals surface area (Å²) in [4.78, 5) is 2.22. The molecule has 0 fully saturated rings. The second-order valence-electron chi connectivity index (χ2n) is 6.15. The summed E-state index contributed by atoms with van der Waals surface area (Å²) in [6.45, 7) is 9.99. The number of aryl methyl sites for hydroxylation is 1. The van der Waals surface area contributed by atoms with Gasteiger partial charge in [-0.05, 0) is 44.1 Å². The molecule has 0 unspecified atom stereocenters. The molecule has 4 nitrogen and oxygen atoms in total. The van der Waals surface area contributed by atoms with Crippen molar-refractivity contribution in [2.45, 2.75) is 40.4 Å². The highest BCUT2D eigenvalue weighted by molar-refractivity contribution is 5.20. The van der Waals surface area contributed by atoms with Gasteiger partial charge < -0.3 is 14.2 Å². The summed E-state index contributed by atoms with van der Waals surface area (Å²) >= 11 is 0. The smallest absolute Gasteiger partial charge is 0.120 e. The summed E-state index contributed by atoms with van der Waals surface area (Å²) in [7, 11) is 2.08. The van der Waals surface area contributed by atoms with E-state index in [9.17, 15) is 0 Å². The van der Waals surface area contributed by atoms with E-state index in [1.54, 1.807) is 12.5 Å². The quantitative estimate of drug-likeness (QED) is 0.807. The Morgan fingerprint density at radius 3 is 2.76 bits per heavy atom. The summed E-state index contributed by atoms with van der Waals surface area (Å²) in [5.41, 5.74) is 2.40. The van der Waals surface area contributed by atoms with Crippen molar-refractivity contribution in [3.8, 4) is 0 Å². The first kappa shape index (κ1) is 15.9. The fraction of sp³-hybridized carbons (Fsp3) is 0.529. The van der Waals surface area contributed by atoms with Gasteiger partial charge >= 0.3 is 0 Å². The maximum Gasteiger partial charge on any atom is 0.120 e. The Labute approximate surface area is 127 Å². The Morgan fingerprint density at radius 1 is 1.29 bits per heavy atom. The molecule has 1 N–H and O–H groups in total. The van der Waals surface area contributed by atoms with Crippen LogP contribution < -0.4 is 5.32 Å². The van der Waals surface area contributed by atoms with Crippen LogP contribution in [0.2, 0.25) is 0 Å². The van der Waals surface area contributed by atoms with Gasteiger partial charge in [-0.1, -0.05) is 13.8 Å². The zero-order valence-corrected chi connectivity index (χ0v) is 13.5. The van der Waals surface area contributed by atoms with E-state index in [4.69, 9.17) is 8.83 Å². The average molecular weight is 290 g/mol. The van der Waals surface area contributed by atoms with Crippen LogP contribution in [0.4, 0.5) is 0 Å². The zero-order chi connectivity index (χ0) is 15.2. The second kappa shape index (κ2) is 7.48. The van der Waals surface area contributed by atoms with Crippen LogP contribution in [0.25, 0.3) is 0 Å². The molecule has 0 atom stereocenters. The molecule has 0 aliphatic heterocycles. The molecule has 0 radical (unpaired) electrons. The van der Waals surface area contributed by atoms with E-state index in [-0.39, 0.29) is 0 Å². The fourth-order valence-corrected chi connectivity index (χ4v) is 2.33. The molecule has 2 aromatic heterocycles. The molecule has 0 saturated heterocycles. The maximum atomic E-state index is 5.96. The van der Waals surface area contributed by atoms with Gasteiger partial charge in [-0.25, -0.2) is 0 Å². The second-order valence-corrected chi connectivity index (χ2v) is 6.15. The Kier molecular flexibility index (Phi) is 5.65. The first-order chi connectivity index (χ1) is 10.0. The van der Waals surface area contributed by atoms with Crippen molar-refractivity contribution < 1.29 is 8.83 Å². The lowest BCUT2D eigenvalue weighted by atomic mass is 10.2. The van der Waals surface area contributed by atoms with Crippen LogP contribution >= 0.6 is 0 Å². The molecule has 0 amide bonds. The van der Waals surface area contributed by atoms with Crippen molar-refractivity contribution in [1.29, 1.82) is 0 Å². The van der Waals surface area contributed by atoms with Gasteiger partial charge in [0.25, 0.3) is 0 Å². The lowest BCUT2D eigenvalue weighted by molar-refractivity contribution is 0.281. The molecule has 0 bridgehead atoms. The minimum atomic E-state index is 0.654. The fourth-order valence-electron chi connectivity index (χ4n) is 2.33. The van der Waals surface area contributed by atoms with E-state index in [1.807, 2.05) is 6.07 Å². The molecule has 2 rings (SSSR count). The van der Waals surface area contributed by atoms with Crippen LogP contribution in [0.5, 0.6) is 0 Å². The highest BCUT2D eigenvalue weighted by Crippen LogP contribution is 2.17. The Bertz CT molecular complexity index is 529. The number of hydrogen-bond acceptors (Lipinski definition) is 4. The van der Waals surface area contributed by atoms with Crippen molar-refractivity contribution in [2.75, 3.05) is 13.6 Å². The third kappa shape index (κ3) is 5.06. The molecule has 0 spiro atoms. The largest absolute Gasteiger partial charge is 0.472 e. The van der Waals surface area contributed by atoms with Crippen LogP contribution in [-0.4, -0.2) is 18.5 Å². The summed E-state index contributed by atoms with van der Waals surface area (Å²) < 4.78 is 11.1. The standard InChI is InChI=1S/C17H26N2O2/c1-13(2)8-18-9-17-14(3)7-16(21-17)11-19(4)10-15-5-6-20-12-15/h5-7,12-13,18H,8-11H2,1-4H3. The predicted octanol–water partition coefficient (Wildman–Crippen LogP) is 3.56. The highest BCUT2D eigenvalue weighted by Gasteiger charge is 2.10. The van der Waals surface area contributed by atoms with Crippen LogP contribution in [0.15, 0.2) is 33.5 Å². The topological polar surface area (TPSA) is 41.6 Å². The van der Waals surface area contributed by atoms with E-state index in [1.165, 1.54) is 11.1 Å². The van der Waals surface area contributed by atoms with Gasteiger partial charge in [0, 0.05) is 12.1 Å². The molecule has 0 aromatic carbocycles. The molecule has 2 heterocycles. The van der Waals surface area contributed by atoms with Crippen molar-refractivity contribution >= 4 is 0 Å². The third-order valence-electron chi connectivity index (χ3n) is 3.37. The minimum absolute atomic E-state index is 0.654. The molecule has 21 heavy (non-hydrogen) atoms. The van der Waals surface area contributed by atoms with Gasteiger partial charge in [-0.2, -0.15) is 0 Å². The first-order valence-electron chi connectivity index (χ1n) is 7.53. The van der Waals surface area contributed by atoms with E-state index in [0.29, 0.717) is 5.92 Å². The van der Waals surface area contributed by atoms with Crippen LogP contribution in [0.3, 0.4) is 0 Å². The van der Waals surface area contributed by atoms with Crippen molar-refractivity contribution in [3.05, 3.63) is 47.3 Å². The normalized spacial score (nSPS) is 11.7. The number of hydrogen-bond donors (Lipinski definition) is 1. The Balaban J connectivity index is 1.86. The van der Waals surface area contributed by atoms with Crippen molar-refractivity contribution in [3.63, 3.8) is 0 Å². The summed E-state index contributed by atoms with van der Waals surface area (Å²) in [5.74, 6) is 2.71. The Morgan fingerprint density at radius 2 is 2.10 bits per heavy atom. The van der Waals surface area contributed by atoms with Crippen LogP contribution in [0, 0.1) is 12.8 Å². The molecule has 4 heteroatoms. The van der Waals surface area contributed by atoms with Gasteiger partial charge in [0.2, 0.25) is 0 Å². The van der Waals surface area contributed by atoms with Gasteiger partial charge in [0.15, 0.2) is 0 Å². The molecular formula is C17H26N2O2. The summed E-state index contributed by atoms with van der Waals surface area (Å²) in [6, 6.07) is 4.13. The lowest BCUT2D eigenvalue weighted by Crippen LogP contribution is -2.19. The number of nitrogens with one attached hydrogen (secondary N) is 1. The van der Waals surface area contributed by atoms with Gasteiger partial charge in [-0.15, -0.1) is 0 Å². The minimum Gasteiger partial charge on any atom is -0.472 e. The molecule has 116 valence electrons. The monoisotopic (exact) mass is 290 g/mol. The number of furan rings is 2. The molecule has 0 saturated carbocycles. The summed E-state index contributed by atoms with van der Waals surface area (Å²) in [6.07, 6.45) is 3.49. The highest BCUT2D eigenvalue weighted by atomic mass is 16.3. The van der Waals surface area contributed by atoms with E-state index >= 15 is 0 Å². The molecule has 0 aliphatic rings. The van der Waals surface area contributed by atoms with Crippen molar-refractivity contribution in [2.24, 2.45) is 5.92 Å². The first-order valence-corrected chi connectivity index (χ1v) is 7.53. The predicted molar refractivity (Wildman–Crippen MR) is 83.9 cm³/mol.